The number of fused-ring (bicyclic) bond motifs is 14. The fourth-order valence-corrected chi connectivity index (χ4v) is 18.4. The highest BCUT2D eigenvalue weighted by atomic mass is 16.2. The third-order valence-corrected chi connectivity index (χ3v) is 25.4. The standard InChI is InChI=1S/C102H110N6O4/c1-95(2,3)57-25-37-79-67(45-57)68-46-58(96(4,5)6)26-38-80(68)105(79)87-53-75-76(54-88(87)106-81-39-27-59(97(7,8)9)47-69(81)70-48-60(98(10,11)12)28-40-82(70)106)92(110)103(91(75)109)65-33-35-66(36-34-65)104-93(111)77-55-89(107-83-41-29-61(99(13,14)15)49-71(83)72-50-62(100(16,17)18)30-42-84(72)107)90(56-78(77)94(104)112)108-85-43-31-63(101(19,20)21)51-73(85)74-52-64(102(22,23)24)32-44-86(74)108/h25-32,37-56,65-66H,33-36H2,1-24H3. The molecule has 4 amide bonds. The van der Waals surface area contributed by atoms with Crippen LogP contribution in [0.5, 0.6) is 0 Å². The third kappa shape index (κ3) is 11.7. The minimum Gasteiger partial charge on any atom is -0.307 e. The van der Waals surface area contributed by atoms with Gasteiger partial charge in [0, 0.05) is 55.2 Å². The fourth-order valence-electron chi connectivity index (χ4n) is 18.4. The van der Waals surface area contributed by atoms with Gasteiger partial charge in [0.25, 0.3) is 23.6 Å². The van der Waals surface area contributed by atoms with Gasteiger partial charge < -0.3 is 18.3 Å². The highest BCUT2D eigenvalue weighted by Crippen LogP contribution is 2.49. The molecule has 10 nitrogen and oxygen atoms in total. The van der Waals surface area contributed by atoms with E-state index in [1.165, 1.54) is 54.3 Å². The number of aromatic nitrogens is 4. The second kappa shape index (κ2) is 24.6. The highest BCUT2D eigenvalue weighted by Gasteiger charge is 2.47. The Morgan fingerprint density at radius 1 is 0.205 bits per heavy atom. The Morgan fingerprint density at radius 3 is 0.464 bits per heavy atom. The average molecular weight is 1480 g/mol. The van der Waals surface area contributed by atoms with Crippen molar-refractivity contribution in [1.29, 1.82) is 0 Å². The first-order valence-corrected chi connectivity index (χ1v) is 40.8. The SMILES string of the molecule is CC(C)(C)c1ccc2c(c1)c1cc(C(C)(C)C)ccc1n2-c1cc2c(cc1-n1c3ccc(C(C)(C)C)cc3c3cc(C(C)(C)C)ccc31)C(=O)N(C1CCC(N3C(=O)c4cc(-n5c6ccc(C(C)(C)C)cc6c6cc(C(C)(C)C)ccc65)c(-n5c6ccc(C(C)(C)C)cc6c6cc(C(C)(C)C)ccc65)cc4C3=O)CC1)C2=O. The molecule has 1 fully saturated rings. The van der Waals surface area contributed by atoms with Crippen LogP contribution in [0.4, 0.5) is 0 Å². The van der Waals surface area contributed by atoms with Gasteiger partial charge in [0.1, 0.15) is 0 Å². The van der Waals surface area contributed by atoms with Crippen LogP contribution in [0.15, 0.2) is 170 Å². The van der Waals surface area contributed by atoms with Crippen LogP contribution in [0.1, 0.15) is 278 Å². The predicted molar refractivity (Wildman–Crippen MR) is 467 cm³/mol. The molecule has 1 aliphatic carbocycles. The molecular weight excluding hydrogens is 1370 g/mol. The molecule has 572 valence electrons. The van der Waals surface area contributed by atoms with Gasteiger partial charge in [-0.05, 0) is 235 Å². The van der Waals surface area contributed by atoms with Gasteiger partial charge in [0.05, 0.1) is 89.1 Å². The van der Waals surface area contributed by atoms with E-state index in [1.807, 2.05) is 24.3 Å². The first-order chi connectivity index (χ1) is 52.2. The zero-order chi connectivity index (χ0) is 80.0. The van der Waals surface area contributed by atoms with Gasteiger partial charge in [0.15, 0.2) is 0 Å². The molecule has 3 aliphatic rings. The minimum atomic E-state index is -0.496. The normalized spacial score (nSPS) is 16.6. The van der Waals surface area contributed by atoms with Crippen LogP contribution in [0.3, 0.4) is 0 Å². The van der Waals surface area contributed by atoms with Crippen LogP contribution in [-0.4, -0.2) is 63.8 Å². The number of rotatable bonds is 6. The molecule has 17 rings (SSSR count). The molecule has 2 aliphatic heterocycles. The van der Waals surface area contributed by atoms with E-state index in [-0.39, 0.29) is 66.9 Å². The Kier molecular flexibility index (Phi) is 16.3. The number of hydrogen-bond donors (Lipinski definition) is 0. The number of benzene rings is 10. The Bertz CT molecular complexity index is 5390. The van der Waals surface area contributed by atoms with Gasteiger partial charge in [-0.25, -0.2) is 0 Å². The Labute approximate surface area is 660 Å². The molecule has 14 aromatic rings. The molecule has 112 heavy (non-hydrogen) atoms. The maximum atomic E-state index is 15.9. The summed E-state index contributed by atoms with van der Waals surface area (Å²) < 4.78 is 9.36. The lowest BCUT2D eigenvalue weighted by atomic mass is 9.85. The van der Waals surface area contributed by atoms with E-state index in [0.29, 0.717) is 47.9 Å². The molecule has 1 saturated carbocycles. The van der Waals surface area contributed by atoms with Crippen molar-refractivity contribution < 1.29 is 19.2 Å². The van der Waals surface area contributed by atoms with E-state index in [9.17, 15) is 0 Å². The first-order valence-electron chi connectivity index (χ1n) is 40.8. The van der Waals surface area contributed by atoms with Crippen molar-refractivity contribution in [3.63, 3.8) is 0 Å². The molecule has 0 saturated heterocycles. The Morgan fingerprint density at radius 2 is 0.339 bits per heavy atom. The summed E-state index contributed by atoms with van der Waals surface area (Å²) in [5, 5.41) is 8.94. The summed E-state index contributed by atoms with van der Waals surface area (Å²) in [5.74, 6) is -1.34. The third-order valence-electron chi connectivity index (χ3n) is 25.4. The van der Waals surface area contributed by atoms with Crippen molar-refractivity contribution in [1.82, 2.24) is 28.1 Å². The van der Waals surface area contributed by atoms with Crippen LogP contribution in [-0.2, 0) is 43.3 Å². The highest BCUT2D eigenvalue weighted by molar-refractivity contribution is 6.25. The van der Waals surface area contributed by atoms with Gasteiger partial charge in [-0.2, -0.15) is 0 Å². The number of amides is 4. The van der Waals surface area contributed by atoms with Gasteiger partial charge in [-0.1, -0.05) is 215 Å². The van der Waals surface area contributed by atoms with E-state index < -0.39 is 12.1 Å². The van der Waals surface area contributed by atoms with E-state index >= 15 is 19.2 Å². The molecule has 10 heteroatoms. The molecule has 0 N–H and O–H groups in total. The van der Waals surface area contributed by atoms with E-state index in [4.69, 9.17) is 0 Å². The van der Waals surface area contributed by atoms with E-state index in [0.717, 1.165) is 110 Å². The molecular formula is C102H110N6O4. The van der Waals surface area contributed by atoms with Crippen LogP contribution < -0.4 is 0 Å². The summed E-state index contributed by atoms with van der Waals surface area (Å²) in [4.78, 5) is 66.8. The smallest absolute Gasteiger partial charge is 0.261 e. The maximum absolute atomic E-state index is 15.9. The largest absolute Gasteiger partial charge is 0.307 e. The number of carbonyl (C=O) groups is 4. The molecule has 0 spiro atoms. The van der Waals surface area contributed by atoms with Crippen molar-refractivity contribution in [3.8, 4) is 22.7 Å². The zero-order valence-corrected chi connectivity index (χ0v) is 70.5. The number of carbonyl (C=O) groups excluding carboxylic acids is 4. The van der Waals surface area contributed by atoms with Crippen LogP contribution in [0.2, 0.25) is 0 Å². The summed E-state index contributed by atoms with van der Waals surface area (Å²) in [6.45, 7) is 54.2. The summed E-state index contributed by atoms with van der Waals surface area (Å²) in [6.07, 6.45) is 1.61. The van der Waals surface area contributed by atoms with Gasteiger partial charge in [-0.15, -0.1) is 0 Å². The van der Waals surface area contributed by atoms with E-state index in [2.05, 4.69) is 330 Å². The number of nitrogens with zero attached hydrogens (tertiary/aromatic N) is 6. The summed E-state index contributed by atoms with van der Waals surface area (Å²) >= 11 is 0. The summed E-state index contributed by atoms with van der Waals surface area (Å²) in [5.41, 5.74) is 21.3. The van der Waals surface area contributed by atoms with Crippen molar-refractivity contribution in [2.75, 3.05) is 0 Å². The molecule has 0 bridgehead atoms. The van der Waals surface area contributed by atoms with Crippen LogP contribution in [0, 0.1) is 0 Å². The Balaban J connectivity index is 0.794. The molecule has 4 aromatic heterocycles. The predicted octanol–water partition coefficient (Wildman–Crippen LogP) is 25.7. The van der Waals surface area contributed by atoms with Crippen molar-refractivity contribution in [3.05, 3.63) is 237 Å². The summed E-state index contributed by atoms with van der Waals surface area (Å²) in [7, 11) is 0. The molecule has 0 unspecified atom stereocenters. The lowest BCUT2D eigenvalue weighted by Crippen LogP contribution is -2.47. The fraction of sp³-hybridized carbons (Fsp3) is 0.373. The maximum Gasteiger partial charge on any atom is 0.261 e. The summed E-state index contributed by atoms with van der Waals surface area (Å²) in [6, 6.07) is 61.8. The van der Waals surface area contributed by atoms with Crippen molar-refractivity contribution in [2.45, 2.75) is 247 Å². The lowest BCUT2D eigenvalue weighted by Gasteiger charge is -2.36. The van der Waals surface area contributed by atoms with Crippen molar-refractivity contribution >= 4 is 111 Å². The molecule has 0 radical (unpaired) electrons. The van der Waals surface area contributed by atoms with Crippen LogP contribution >= 0.6 is 0 Å². The van der Waals surface area contributed by atoms with Crippen molar-refractivity contribution in [2.24, 2.45) is 0 Å². The number of imide groups is 2. The average Bonchev–Trinajstić information content (AvgIpc) is 1.55. The Hall–Kier alpha value is -10.3. The van der Waals surface area contributed by atoms with Gasteiger partial charge in [0.2, 0.25) is 0 Å². The van der Waals surface area contributed by atoms with E-state index in [1.54, 1.807) is 0 Å². The lowest BCUT2D eigenvalue weighted by molar-refractivity contribution is 0.0424. The second-order valence-corrected chi connectivity index (χ2v) is 41.4. The minimum absolute atomic E-state index is 0.133. The first kappa shape index (κ1) is 74.4. The topological polar surface area (TPSA) is 94.5 Å². The molecule has 6 heterocycles. The molecule has 10 aromatic carbocycles. The second-order valence-electron chi connectivity index (χ2n) is 41.4. The monoisotopic (exact) mass is 1480 g/mol. The number of hydrogen-bond acceptors (Lipinski definition) is 4. The molecule has 0 atom stereocenters. The van der Waals surface area contributed by atoms with Gasteiger partial charge in [-0.3, -0.25) is 29.0 Å². The van der Waals surface area contributed by atoms with Crippen LogP contribution in [0.25, 0.3) is 110 Å². The zero-order valence-electron chi connectivity index (χ0n) is 70.5. The van der Waals surface area contributed by atoms with Gasteiger partial charge >= 0.3 is 0 Å². The quantitative estimate of drug-likeness (QED) is 0.155.